The predicted molar refractivity (Wildman–Crippen MR) is 136 cm³/mol. The van der Waals surface area contributed by atoms with Crippen molar-refractivity contribution in [1.29, 1.82) is 0 Å². The lowest BCUT2D eigenvalue weighted by Crippen LogP contribution is -2.23. The van der Waals surface area contributed by atoms with Crippen molar-refractivity contribution in [1.82, 2.24) is 5.32 Å². The van der Waals surface area contributed by atoms with Gasteiger partial charge < -0.3 is 19.9 Å². The molecule has 2 aliphatic rings. The van der Waals surface area contributed by atoms with E-state index in [-0.39, 0.29) is 28.1 Å². The minimum atomic E-state index is -1.21. The van der Waals surface area contributed by atoms with E-state index in [0.29, 0.717) is 34.2 Å². The Kier molecular flexibility index (Phi) is 5.74. The molecule has 36 heavy (non-hydrogen) atoms. The molecule has 1 heterocycles. The summed E-state index contributed by atoms with van der Waals surface area (Å²) in [6.07, 6.45) is 0. The first-order valence-corrected chi connectivity index (χ1v) is 11.2. The zero-order chi connectivity index (χ0) is 25.4. The molecule has 0 fully saturated rings. The number of aromatic hydroxyl groups is 1. The fraction of sp³-hybridized carbons (Fsp3) is 0.0690. The number of aryl methyl sites for hydroxylation is 1. The Labute approximate surface area is 205 Å². The number of carboxylic acids is 1. The van der Waals surface area contributed by atoms with E-state index in [1.165, 1.54) is 30.3 Å². The average Bonchev–Trinajstić information content (AvgIpc) is 2.86. The van der Waals surface area contributed by atoms with Crippen molar-refractivity contribution in [3.63, 3.8) is 0 Å². The van der Waals surface area contributed by atoms with Crippen molar-refractivity contribution in [2.45, 2.75) is 13.5 Å². The number of amides is 1. The van der Waals surface area contributed by atoms with Gasteiger partial charge in [-0.2, -0.15) is 0 Å². The smallest absolute Gasteiger partial charge is 0.336 e. The molecule has 3 aromatic carbocycles. The first-order valence-electron chi connectivity index (χ1n) is 11.2. The van der Waals surface area contributed by atoms with Gasteiger partial charge in [-0.05, 0) is 54.4 Å². The third-order valence-electron chi connectivity index (χ3n) is 6.03. The van der Waals surface area contributed by atoms with Gasteiger partial charge in [-0.1, -0.05) is 35.9 Å². The van der Waals surface area contributed by atoms with Crippen LogP contribution < -0.4 is 10.7 Å². The second kappa shape index (κ2) is 9.03. The number of aromatic carboxylic acids is 1. The van der Waals surface area contributed by atoms with Crippen LogP contribution in [0, 0.1) is 6.92 Å². The van der Waals surface area contributed by atoms with Crippen LogP contribution in [0.5, 0.6) is 5.75 Å². The molecule has 0 aromatic heterocycles. The molecular weight excluding hydrogens is 458 g/mol. The highest BCUT2D eigenvalue weighted by Gasteiger charge is 2.23. The predicted octanol–water partition coefficient (Wildman–Crippen LogP) is 5.21. The van der Waals surface area contributed by atoms with E-state index >= 15 is 0 Å². The molecule has 3 N–H and O–H groups in total. The van der Waals surface area contributed by atoms with E-state index in [1.807, 2.05) is 31.2 Å². The zero-order valence-corrected chi connectivity index (χ0v) is 19.2. The summed E-state index contributed by atoms with van der Waals surface area (Å²) in [7, 11) is 0. The molecule has 7 heteroatoms. The molecule has 1 aliphatic heterocycles. The Hall–Kier alpha value is -4.91. The summed E-state index contributed by atoms with van der Waals surface area (Å²) in [6, 6.07) is 21.0. The maximum atomic E-state index is 12.8. The van der Waals surface area contributed by atoms with Crippen LogP contribution in [0.3, 0.4) is 0 Å². The molecule has 1 aliphatic carbocycles. The lowest BCUT2D eigenvalue weighted by molar-refractivity contribution is 0.0697. The van der Waals surface area contributed by atoms with E-state index in [4.69, 9.17) is 4.42 Å². The highest BCUT2D eigenvalue weighted by Crippen LogP contribution is 2.42. The van der Waals surface area contributed by atoms with E-state index < -0.39 is 11.9 Å². The maximum Gasteiger partial charge on any atom is 0.336 e. The molecule has 5 rings (SSSR count). The third-order valence-corrected chi connectivity index (χ3v) is 6.03. The summed E-state index contributed by atoms with van der Waals surface area (Å²) in [6.45, 7) is 2.28. The Bertz CT molecular complexity index is 1670. The summed E-state index contributed by atoms with van der Waals surface area (Å²) < 4.78 is 5.84. The molecule has 0 saturated heterocycles. The summed E-state index contributed by atoms with van der Waals surface area (Å²) in [4.78, 5) is 37.1. The van der Waals surface area contributed by atoms with Crippen LogP contribution in [0.2, 0.25) is 0 Å². The van der Waals surface area contributed by atoms with Crippen LogP contribution in [-0.4, -0.2) is 22.1 Å². The van der Waals surface area contributed by atoms with Crippen molar-refractivity contribution in [3.8, 4) is 28.2 Å². The van der Waals surface area contributed by atoms with Crippen LogP contribution in [-0.2, 0) is 6.54 Å². The molecule has 3 aromatic rings. The van der Waals surface area contributed by atoms with Gasteiger partial charge in [-0.3, -0.25) is 9.59 Å². The summed E-state index contributed by atoms with van der Waals surface area (Å²) >= 11 is 0. The molecule has 178 valence electrons. The van der Waals surface area contributed by atoms with Gasteiger partial charge in [0.1, 0.15) is 17.1 Å². The number of phenols is 1. The van der Waals surface area contributed by atoms with Gasteiger partial charge in [0.25, 0.3) is 5.91 Å². The number of carbonyl (C=O) groups is 2. The summed E-state index contributed by atoms with van der Waals surface area (Å²) in [5.74, 6) is -1.39. The van der Waals surface area contributed by atoms with E-state index in [2.05, 4.69) is 5.32 Å². The number of phenolic OH excluding ortho intramolecular Hbond substituents is 1. The molecule has 0 saturated carbocycles. The number of carboxylic acid groups (broad SMARTS) is 1. The first-order chi connectivity index (χ1) is 17.3. The van der Waals surface area contributed by atoms with Gasteiger partial charge in [0, 0.05) is 40.8 Å². The van der Waals surface area contributed by atoms with Gasteiger partial charge in [0.15, 0.2) is 5.43 Å². The normalized spacial score (nSPS) is 11.0. The average molecular weight is 479 g/mol. The van der Waals surface area contributed by atoms with Crippen molar-refractivity contribution >= 4 is 22.8 Å². The largest absolute Gasteiger partial charge is 0.508 e. The van der Waals surface area contributed by atoms with Gasteiger partial charge in [-0.15, -0.1) is 0 Å². The van der Waals surface area contributed by atoms with E-state index in [9.17, 15) is 24.6 Å². The Morgan fingerprint density at radius 3 is 2.39 bits per heavy atom. The van der Waals surface area contributed by atoms with Crippen molar-refractivity contribution in [2.24, 2.45) is 0 Å². The molecule has 0 spiro atoms. The Balaban J connectivity index is 1.61. The highest BCUT2D eigenvalue weighted by atomic mass is 16.4. The molecule has 0 radical (unpaired) electrons. The van der Waals surface area contributed by atoms with Gasteiger partial charge in [0.2, 0.25) is 0 Å². The van der Waals surface area contributed by atoms with E-state index in [1.54, 1.807) is 24.3 Å². The SMILES string of the molecule is Cc1ccc(CNC(=O)c2ccc(-c3c4ccc(=O)cc-4oc4cc(O)ccc34)c(C(=O)O)c2)cc1. The summed E-state index contributed by atoms with van der Waals surface area (Å²) in [5.41, 5.74) is 3.60. The molecule has 0 bridgehead atoms. The standard InChI is InChI=1S/C29H21NO6/c1-16-2-4-17(5-3-16)15-30-28(33)18-6-9-21(24(12-18)29(34)35)27-22-10-7-19(31)13-25(22)36-26-14-20(32)8-11-23(26)27/h2-14,31H,15H2,1H3,(H,30,33)(H,34,35). The van der Waals surface area contributed by atoms with Gasteiger partial charge >= 0.3 is 5.97 Å². The minimum Gasteiger partial charge on any atom is -0.508 e. The fourth-order valence-corrected chi connectivity index (χ4v) is 4.22. The Morgan fingerprint density at radius 1 is 0.889 bits per heavy atom. The second-order valence-electron chi connectivity index (χ2n) is 8.55. The lowest BCUT2D eigenvalue weighted by atomic mass is 9.90. The summed E-state index contributed by atoms with van der Waals surface area (Å²) in [5, 5.41) is 23.4. The van der Waals surface area contributed by atoms with Crippen LogP contribution in [0.15, 0.2) is 88.1 Å². The van der Waals surface area contributed by atoms with Crippen molar-refractivity contribution in [2.75, 3.05) is 0 Å². The molecule has 0 atom stereocenters. The Morgan fingerprint density at radius 2 is 1.64 bits per heavy atom. The first kappa shape index (κ1) is 22.9. The number of hydrogen-bond acceptors (Lipinski definition) is 5. The van der Waals surface area contributed by atoms with Gasteiger partial charge in [-0.25, -0.2) is 4.79 Å². The number of nitrogens with one attached hydrogen (secondary N) is 1. The van der Waals surface area contributed by atoms with Crippen molar-refractivity contribution in [3.05, 3.63) is 111 Å². The quantitative estimate of drug-likeness (QED) is 0.298. The molecule has 7 nitrogen and oxygen atoms in total. The van der Waals surface area contributed by atoms with Crippen molar-refractivity contribution < 1.29 is 24.2 Å². The number of hydrogen-bond donors (Lipinski definition) is 3. The van der Waals surface area contributed by atoms with Crippen LogP contribution >= 0.6 is 0 Å². The molecular formula is C29H21NO6. The maximum absolute atomic E-state index is 12.8. The molecule has 0 unspecified atom stereocenters. The fourth-order valence-electron chi connectivity index (χ4n) is 4.22. The number of carbonyl (C=O) groups excluding carboxylic acids is 1. The lowest BCUT2D eigenvalue weighted by Gasteiger charge is -2.17. The molecule has 1 amide bonds. The van der Waals surface area contributed by atoms with Crippen LogP contribution in [0.25, 0.3) is 33.4 Å². The number of fused-ring (bicyclic) bond motifs is 2. The highest BCUT2D eigenvalue weighted by molar-refractivity contribution is 6.09. The number of rotatable bonds is 5. The van der Waals surface area contributed by atoms with E-state index in [0.717, 1.165) is 11.1 Å². The number of benzene rings is 4. The second-order valence-corrected chi connectivity index (χ2v) is 8.55. The third kappa shape index (κ3) is 4.30. The monoisotopic (exact) mass is 479 g/mol. The van der Waals surface area contributed by atoms with Crippen LogP contribution in [0.4, 0.5) is 0 Å². The topological polar surface area (TPSA) is 117 Å². The van der Waals surface area contributed by atoms with Crippen LogP contribution in [0.1, 0.15) is 31.8 Å². The minimum absolute atomic E-state index is 0.0334. The zero-order valence-electron chi connectivity index (χ0n) is 19.2. The van der Waals surface area contributed by atoms with Gasteiger partial charge in [0.05, 0.1) is 5.56 Å².